The summed E-state index contributed by atoms with van der Waals surface area (Å²) in [4.78, 5) is 19.3. The van der Waals surface area contributed by atoms with Gasteiger partial charge in [-0.15, -0.1) is 0 Å². The Bertz CT molecular complexity index is 574. The van der Waals surface area contributed by atoms with Gasteiger partial charge in [-0.1, -0.05) is 6.92 Å². The molecule has 1 aromatic heterocycles. The fraction of sp³-hybridized carbons (Fsp3) is 0.154. The molecule has 0 saturated heterocycles. The fourth-order valence-electron chi connectivity index (χ4n) is 1.47. The smallest absolute Gasteiger partial charge is 0.224 e. The first-order valence-electron chi connectivity index (χ1n) is 5.81. The summed E-state index contributed by atoms with van der Waals surface area (Å²) in [6, 6.07) is 4.08. The Balaban J connectivity index is 2.27. The normalized spacial score (nSPS) is 10.0. The molecule has 0 aliphatic heterocycles. The summed E-state index contributed by atoms with van der Waals surface area (Å²) in [6.07, 6.45) is 4.92. The van der Waals surface area contributed by atoms with Crippen LogP contribution in [0.3, 0.4) is 0 Å². The van der Waals surface area contributed by atoms with Gasteiger partial charge in [0.05, 0.1) is 17.6 Å². The molecule has 0 radical (unpaired) electrons. The number of hydrogen-bond donors (Lipinski definition) is 2. The van der Waals surface area contributed by atoms with Crippen LogP contribution in [0.25, 0.3) is 0 Å². The van der Waals surface area contributed by atoms with Crippen molar-refractivity contribution in [1.82, 2.24) is 9.97 Å². The van der Waals surface area contributed by atoms with Crippen molar-refractivity contribution in [3.63, 3.8) is 0 Å². The predicted molar refractivity (Wildman–Crippen MR) is 70.6 cm³/mol. The molecular formula is C13H13FN4O. The first kappa shape index (κ1) is 12.9. The van der Waals surface area contributed by atoms with Crippen LogP contribution in [-0.2, 0) is 4.79 Å². The molecule has 0 aliphatic rings. The second kappa shape index (κ2) is 5.90. The van der Waals surface area contributed by atoms with Crippen molar-refractivity contribution in [2.24, 2.45) is 0 Å². The number of anilines is 3. The highest BCUT2D eigenvalue weighted by atomic mass is 19.1. The fourth-order valence-corrected chi connectivity index (χ4v) is 1.47. The first-order chi connectivity index (χ1) is 9.19. The Hall–Kier alpha value is -2.50. The number of nitrogens with one attached hydrogen (secondary N) is 2. The molecule has 2 N–H and O–H groups in total. The van der Waals surface area contributed by atoms with Crippen molar-refractivity contribution in [3.8, 4) is 0 Å². The molecule has 1 heterocycles. The van der Waals surface area contributed by atoms with Crippen LogP contribution in [0, 0.1) is 5.82 Å². The highest BCUT2D eigenvalue weighted by molar-refractivity contribution is 5.94. The van der Waals surface area contributed by atoms with Gasteiger partial charge in [-0.3, -0.25) is 9.78 Å². The van der Waals surface area contributed by atoms with Gasteiger partial charge in [0.15, 0.2) is 0 Å². The Morgan fingerprint density at radius 3 is 2.84 bits per heavy atom. The lowest BCUT2D eigenvalue weighted by atomic mass is 10.2. The largest absolute Gasteiger partial charge is 0.337 e. The van der Waals surface area contributed by atoms with Crippen LogP contribution in [0.4, 0.5) is 21.6 Å². The Kier molecular flexibility index (Phi) is 4.02. The zero-order valence-corrected chi connectivity index (χ0v) is 10.4. The van der Waals surface area contributed by atoms with Crippen molar-refractivity contribution >= 4 is 23.1 Å². The van der Waals surface area contributed by atoms with Crippen LogP contribution >= 0.6 is 0 Å². The molecule has 1 aromatic carbocycles. The van der Waals surface area contributed by atoms with Crippen LogP contribution in [0.5, 0.6) is 0 Å². The summed E-state index contributed by atoms with van der Waals surface area (Å²) in [5.41, 5.74) is 0.932. The lowest BCUT2D eigenvalue weighted by Crippen LogP contribution is -2.11. The topological polar surface area (TPSA) is 66.9 Å². The zero-order valence-electron chi connectivity index (χ0n) is 10.4. The van der Waals surface area contributed by atoms with Crippen molar-refractivity contribution in [2.75, 3.05) is 10.6 Å². The minimum Gasteiger partial charge on any atom is -0.337 e. The maximum Gasteiger partial charge on any atom is 0.224 e. The maximum absolute atomic E-state index is 13.3. The third-order valence-corrected chi connectivity index (χ3v) is 2.40. The molecule has 6 heteroatoms. The van der Waals surface area contributed by atoms with E-state index in [4.69, 9.17) is 0 Å². The van der Waals surface area contributed by atoms with Crippen LogP contribution in [0.15, 0.2) is 36.8 Å². The average Bonchev–Trinajstić information content (AvgIpc) is 2.43. The van der Waals surface area contributed by atoms with Gasteiger partial charge in [-0.2, -0.15) is 0 Å². The second-order valence-corrected chi connectivity index (χ2v) is 3.81. The minimum atomic E-state index is -0.402. The number of hydrogen-bond acceptors (Lipinski definition) is 4. The molecular weight excluding hydrogens is 247 g/mol. The van der Waals surface area contributed by atoms with E-state index in [0.29, 0.717) is 23.6 Å². The quantitative estimate of drug-likeness (QED) is 0.887. The molecule has 0 unspecified atom stereocenters. The molecule has 0 fully saturated rings. The van der Waals surface area contributed by atoms with Crippen molar-refractivity contribution in [3.05, 3.63) is 42.6 Å². The van der Waals surface area contributed by atoms with Crippen LogP contribution < -0.4 is 10.6 Å². The average molecular weight is 260 g/mol. The molecule has 0 atom stereocenters. The molecule has 0 bridgehead atoms. The summed E-state index contributed by atoms with van der Waals surface area (Å²) in [7, 11) is 0. The second-order valence-electron chi connectivity index (χ2n) is 3.81. The number of nitrogens with zero attached hydrogens (tertiary/aromatic N) is 2. The van der Waals surface area contributed by atoms with E-state index in [1.54, 1.807) is 6.92 Å². The standard InChI is InChI=1S/C13H13FN4O/c1-2-13(19)18-10-4-3-9(14)7-11(10)17-12-8-15-5-6-16-12/h3-8H,2H2,1H3,(H,16,17)(H,18,19). The number of benzene rings is 1. The van der Waals surface area contributed by atoms with Gasteiger partial charge in [0, 0.05) is 18.8 Å². The number of aromatic nitrogens is 2. The molecule has 0 saturated carbocycles. The van der Waals surface area contributed by atoms with Gasteiger partial charge < -0.3 is 10.6 Å². The van der Waals surface area contributed by atoms with Gasteiger partial charge >= 0.3 is 0 Å². The van der Waals surface area contributed by atoms with E-state index in [0.717, 1.165) is 0 Å². The number of carbonyl (C=O) groups excluding carboxylic acids is 1. The zero-order chi connectivity index (χ0) is 13.7. The molecule has 1 amide bonds. The molecule has 0 spiro atoms. The van der Waals surface area contributed by atoms with Crippen LogP contribution in [0.2, 0.25) is 0 Å². The summed E-state index contributed by atoms with van der Waals surface area (Å²) in [5, 5.41) is 5.61. The van der Waals surface area contributed by atoms with Crippen LogP contribution in [-0.4, -0.2) is 15.9 Å². The van der Waals surface area contributed by atoms with E-state index in [-0.39, 0.29) is 5.91 Å². The summed E-state index contributed by atoms with van der Waals surface area (Å²) in [5.74, 6) is -0.0743. The van der Waals surface area contributed by atoms with Crippen LogP contribution in [0.1, 0.15) is 13.3 Å². The highest BCUT2D eigenvalue weighted by Gasteiger charge is 2.07. The highest BCUT2D eigenvalue weighted by Crippen LogP contribution is 2.25. The third-order valence-electron chi connectivity index (χ3n) is 2.40. The lowest BCUT2D eigenvalue weighted by molar-refractivity contribution is -0.115. The van der Waals surface area contributed by atoms with Crippen molar-refractivity contribution in [1.29, 1.82) is 0 Å². The first-order valence-corrected chi connectivity index (χ1v) is 5.81. The monoisotopic (exact) mass is 260 g/mol. The van der Waals surface area contributed by atoms with Gasteiger partial charge in [0.25, 0.3) is 0 Å². The Labute approximate surface area is 109 Å². The molecule has 5 nitrogen and oxygen atoms in total. The predicted octanol–water partition coefficient (Wildman–Crippen LogP) is 2.71. The summed E-state index contributed by atoms with van der Waals surface area (Å²) >= 11 is 0. The lowest BCUT2D eigenvalue weighted by Gasteiger charge is -2.12. The Morgan fingerprint density at radius 2 is 2.16 bits per heavy atom. The summed E-state index contributed by atoms with van der Waals surface area (Å²) < 4.78 is 13.3. The summed E-state index contributed by atoms with van der Waals surface area (Å²) in [6.45, 7) is 1.74. The third kappa shape index (κ3) is 3.48. The number of rotatable bonds is 4. The van der Waals surface area contributed by atoms with E-state index >= 15 is 0 Å². The SMILES string of the molecule is CCC(=O)Nc1ccc(F)cc1Nc1cnccn1. The van der Waals surface area contributed by atoms with E-state index < -0.39 is 5.82 Å². The van der Waals surface area contributed by atoms with E-state index in [1.807, 2.05) is 0 Å². The van der Waals surface area contributed by atoms with Crippen molar-refractivity contribution in [2.45, 2.75) is 13.3 Å². The van der Waals surface area contributed by atoms with Gasteiger partial charge in [0.1, 0.15) is 11.6 Å². The van der Waals surface area contributed by atoms with Gasteiger partial charge in [-0.05, 0) is 18.2 Å². The molecule has 2 rings (SSSR count). The van der Waals surface area contributed by atoms with Crippen molar-refractivity contribution < 1.29 is 9.18 Å². The maximum atomic E-state index is 13.3. The molecule has 19 heavy (non-hydrogen) atoms. The number of amides is 1. The van der Waals surface area contributed by atoms with E-state index in [1.165, 1.54) is 36.8 Å². The number of carbonyl (C=O) groups is 1. The van der Waals surface area contributed by atoms with E-state index in [2.05, 4.69) is 20.6 Å². The van der Waals surface area contributed by atoms with Gasteiger partial charge in [0.2, 0.25) is 5.91 Å². The number of halogens is 1. The Morgan fingerprint density at radius 1 is 1.32 bits per heavy atom. The molecule has 0 aliphatic carbocycles. The molecule has 2 aromatic rings. The minimum absolute atomic E-state index is 0.145. The molecule has 98 valence electrons. The van der Waals surface area contributed by atoms with Gasteiger partial charge in [-0.25, -0.2) is 9.37 Å². The van der Waals surface area contributed by atoms with E-state index in [9.17, 15) is 9.18 Å².